The zero-order chi connectivity index (χ0) is 40.4. The summed E-state index contributed by atoms with van der Waals surface area (Å²) in [6.45, 7) is 3.20. The largest absolute Gasteiger partial charge is 0.508 e. The zero-order valence-electron chi connectivity index (χ0n) is 33.3. The smallest absolute Gasteiger partial charge is 0.161 e. The molecule has 2 N–H and O–H groups in total. The molecule has 2 aromatic heterocycles. The van der Waals surface area contributed by atoms with Crippen molar-refractivity contribution < 1.29 is 29.2 Å². The maximum absolute atomic E-state index is 11.0. The van der Waals surface area contributed by atoms with Crippen molar-refractivity contribution in [3.8, 4) is 34.5 Å². The highest BCUT2D eigenvalue weighted by molar-refractivity contribution is 5.72. The normalized spacial score (nSPS) is 13.6. The summed E-state index contributed by atoms with van der Waals surface area (Å²) in [5.41, 5.74) is 9.15. The minimum atomic E-state index is 0.234. The third-order valence-corrected chi connectivity index (χ3v) is 10.0. The van der Waals surface area contributed by atoms with Crippen LogP contribution in [0.4, 0.5) is 0 Å². The standard InChI is InChI=1S/C48H48N4O6/c1-55-45-21-17-35(25-47(45)57-3)13-11-33-15-19-43(53)37(23-33)27-51-29-39-7-5-9-41(49-39)31-52(32-42-10-6-8-40(30-51)50-42)28-38-24-34(16-20-44(38)54)12-14-36-18-22-46(56-2)48(26-36)58-4/h5-26,53-54H,27-32H2,1-4H3. The molecule has 10 nitrogen and oxygen atoms in total. The molecule has 0 amide bonds. The van der Waals surface area contributed by atoms with Crippen molar-refractivity contribution in [3.05, 3.63) is 165 Å². The van der Waals surface area contributed by atoms with E-state index in [1.165, 1.54) is 0 Å². The predicted octanol–water partition coefficient (Wildman–Crippen LogP) is 8.98. The lowest BCUT2D eigenvalue weighted by atomic mass is 10.1. The van der Waals surface area contributed by atoms with Gasteiger partial charge in [-0.25, -0.2) is 0 Å². The van der Waals surface area contributed by atoms with Crippen LogP contribution >= 0.6 is 0 Å². The van der Waals surface area contributed by atoms with Gasteiger partial charge in [0, 0.05) is 50.4 Å². The molecular formula is C48H48N4O6. The number of aromatic nitrogens is 2. The second kappa shape index (κ2) is 18.5. The quantitative estimate of drug-likeness (QED) is 0.117. The molecule has 7 rings (SSSR count). The van der Waals surface area contributed by atoms with Gasteiger partial charge >= 0.3 is 0 Å². The number of fused-ring (bicyclic) bond motifs is 4. The van der Waals surface area contributed by atoms with Gasteiger partial charge in [-0.1, -0.05) is 60.7 Å². The molecule has 0 saturated heterocycles. The van der Waals surface area contributed by atoms with Gasteiger partial charge < -0.3 is 29.2 Å². The summed E-state index contributed by atoms with van der Waals surface area (Å²) >= 11 is 0. The number of aromatic hydroxyl groups is 2. The minimum Gasteiger partial charge on any atom is -0.508 e. The van der Waals surface area contributed by atoms with Gasteiger partial charge in [0.25, 0.3) is 0 Å². The van der Waals surface area contributed by atoms with Gasteiger partial charge in [0.1, 0.15) is 11.5 Å². The summed E-state index contributed by atoms with van der Waals surface area (Å²) in [7, 11) is 6.49. The number of phenolic OH excluding ortho intramolecular Hbond substituents is 2. The van der Waals surface area contributed by atoms with Crippen molar-refractivity contribution in [2.45, 2.75) is 39.3 Å². The Bertz CT molecular complexity index is 2220. The Labute approximate surface area is 339 Å². The van der Waals surface area contributed by atoms with Crippen molar-refractivity contribution in [2.24, 2.45) is 0 Å². The molecule has 3 heterocycles. The third kappa shape index (κ3) is 10.0. The van der Waals surface area contributed by atoms with E-state index < -0.39 is 0 Å². The molecule has 296 valence electrons. The molecule has 10 heteroatoms. The van der Waals surface area contributed by atoms with Crippen LogP contribution in [0.25, 0.3) is 24.3 Å². The van der Waals surface area contributed by atoms with E-state index in [-0.39, 0.29) is 11.5 Å². The number of benzene rings is 4. The summed E-state index contributed by atoms with van der Waals surface area (Å²) < 4.78 is 21.7. The molecule has 1 aliphatic rings. The second-order valence-electron chi connectivity index (χ2n) is 14.2. The first kappa shape index (κ1) is 39.6. The summed E-state index contributed by atoms with van der Waals surface area (Å²) in [6.07, 6.45) is 8.07. The number of pyridine rings is 2. The van der Waals surface area contributed by atoms with E-state index in [4.69, 9.17) is 28.9 Å². The molecule has 4 aromatic carbocycles. The van der Waals surface area contributed by atoms with Crippen molar-refractivity contribution in [1.29, 1.82) is 0 Å². The van der Waals surface area contributed by atoms with Crippen LogP contribution in [0.5, 0.6) is 34.5 Å². The van der Waals surface area contributed by atoms with Crippen LogP contribution < -0.4 is 18.9 Å². The Morgan fingerprint density at radius 3 is 1.12 bits per heavy atom. The first-order valence-corrected chi connectivity index (χ1v) is 19.1. The maximum atomic E-state index is 11.0. The molecule has 0 unspecified atom stereocenters. The van der Waals surface area contributed by atoms with E-state index in [1.54, 1.807) is 40.6 Å². The Morgan fingerprint density at radius 2 is 0.776 bits per heavy atom. The summed E-state index contributed by atoms with van der Waals surface area (Å²) in [5, 5.41) is 22.0. The molecule has 58 heavy (non-hydrogen) atoms. The van der Waals surface area contributed by atoms with Crippen LogP contribution in [0.15, 0.2) is 109 Å². The average molecular weight is 777 g/mol. The van der Waals surface area contributed by atoms with Crippen LogP contribution in [0, 0.1) is 0 Å². The van der Waals surface area contributed by atoms with Gasteiger partial charge in [0.15, 0.2) is 23.0 Å². The predicted molar refractivity (Wildman–Crippen MR) is 228 cm³/mol. The fraction of sp³-hybridized carbons (Fsp3) is 0.208. The summed E-state index contributed by atoms with van der Waals surface area (Å²) in [5.74, 6) is 3.14. The maximum Gasteiger partial charge on any atom is 0.161 e. The number of rotatable bonds is 12. The highest BCUT2D eigenvalue weighted by Gasteiger charge is 2.18. The molecule has 0 atom stereocenters. The summed E-state index contributed by atoms with van der Waals surface area (Å²) in [6, 6.07) is 35.2. The highest BCUT2D eigenvalue weighted by atomic mass is 16.5. The van der Waals surface area contributed by atoms with Crippen LogP contribution in [0.3, 0.4) is 0 Å². The Hall–Kier alpha value is -6.62. The first-order chi connectivity index (χ1) is 28.3. The topological polar surface area (TPSA) is 110 Å². The summed E-state index contributed by atoms with van der Waals surface area (Å²) in [4.78, 5) is 14.7. The van der Waals surface area contributed by atoms with Gasteiger partial charge in [-0.15, -0.1) is 0 Å². The van der Waals surface area contributed by atoms with Crippen molar-refractivity contribution in [3.63, 3.8) is 0 Å². The van der Waals surface area contributed by atoms with Crippen molar-refractivity contribution in [1.82, 2.24) is 19.8 Å². The number of hydrogen-bond donors (Lipinski definition) is 2. The van der Waals surface area contributed by atoms with Gasteiger partial charge in [0.05, 0.1) is 51.2 Å². The highest BCUT2D eigenvalue weighted by Crippen LogP contribution is 2.31. The fourth-order valence-electron chi connectivity index (χ4n) is 7.11. The van der Waals surface area contributed by atoms with Crippen molar-refractivity contribution >= 4 is 24.3 Å². The van der Waals surface area contributed by atoms with E-state index in [2.05, 4.69) is 9.80 Å². The number of ether oxygens (including phenoxy) is 4. The SMILES string of the molecule is COc1ccc(C=Cc2ccc(O)c(CN3Cc4cccc(n4)CN(Cc4cc(C=Cc5ccc(OC)c(OC)c5)ccc4O)Cc4cccc(n4)C3)c2)cc1OC. The lowest BCUT2D eigenvalue weighted by Crippen LogP contribution is -2.27. The molecule has 1 aliphatic heterocycles. The van der Waals surface area contributed by atoms with E-state index in [9.17, 15) is 10.2 Å². The van der Waals surface area contributed by atoms with Crippen LogP contribution in [-0.2, 0) is 39.3 Å². The minimum absolute atomic E-state index is 0.234. The zero-order valence-corrected chi connectivity index (χ0v) is 33.3. The van der Waals surface area contributed by atoms with Gasteiger partial charge in [-0.3, -0.25) is 19.8 Å². The number of hydrogen-bond acceptors (Lipinski definition) is 10. The first-order valence-electron chi connectivity index (χ1n) is 19.1. The second-order valence-corrected chi connectivity index (χ2v) is 14.2. The van der Waals surface area contributed by atoms with Crippen molar-refractivity contribution in [2.75, 3.05) is 28.4 Å². The molecule has 4 bridgehead atoms. The monoisotopic (exact) mass is 776 g/mol. The number of methoxy groups -OCH3 is 4. The van der Waals surface area contributed by atoms with E-state index in [0.717, 1.165) is 56.2 Å². The third-order valence-electron chi connectivity index (χ3n) is 10.0. The van der Waals surface area contributed by atoms with Crippen LogP contribution in [0.1, 0.15) is 56.2 Å². The molecule has 0 spiro atoms. The average Bonchev–Trinajstić information content (AvgIpc) is 3.23. The Morgan fingerprint density at radius 1 is 0.448 bits per heavy atom. The van der Waals surface area contributed by atoms with Gasteiger partial charge in [-0.2, -0.15) is 0 Å². The van der Waals surface area contributed by atoms with E-state index in [0.29, 0.717) is 62.3 Å². The fourth-order valence-corrected chi connectivity index (χ4v) is 7.11. The molecule has 0 saturated carbocycles. The van der Waals surface area contributed by atoms with Gasteiger partial charge in [-0.05, 0) is 95.1 Å². The molecular weight excluding hydrogens is 729 g/mol. The molecule has 0 radical (unpaired) electrons. The lowest BCUT2D eigenvalue weighted by Gasteiger charge is -2.26. The molecule has 0 aliphatic carbocycles. The number of phenols is 2. The lowest BCUT2D eigenvalue weighted by molar-refractivity contribution is 0.225. The van der Waals surface area contributed by atoms with Gasteiger partial charge in [0.2, 0.25) is 0 Å². The van der Waals surface area contributed by atoms with Crippen LogP contribution in [-0.4, -0.2) is 58.4 Å². The van der Waals surface area contributed by atoms with E-state index >= 15 is 0 Å². The van der Waals surface area contributed by atoms with Crippen LogP contribution in [0.2, 0.25) is 0 Å². The Kier molecular flexibility index (Phi) is 12.7. The Balaban J connectivity index is 1.10. The van der Waals surface area contributed by atoms with E-state index in [1.807, 2.05) is 121 Å². The number of nitrogens with zero attached hydrogens (tertiary/aromatic N) is 4. The molecule has 0 fully saturated rings. The molecule has 6 aromatic rings.